The van der Waals surface area contributed by atoms with Crippen LogP contribution >= 0.6 is 0 Å². The highest BCUT2D eigenvalue weighted by Gasteiger charge is 2.32. The highest BCUT2D eigenvalue weighted by Crippen LogP contribution is 2.30. The molecule has 5 nitrogen and oxygen atoms in total. The molecular formula is C19H27N4O+. The van der Waals surface area contributed by atoms with Crippen molar-refractivity contribution in [3.63, 3.8) is 0 Å². The van der Waals surface area contributed by atoms with Crippen molar-refractivity contribution in [3.8, 4) is 6.07 Å². The molecule has 128 valence electrons. The lowest BCUT2D eigenvalue weighted by Gasteiger charge is -2.33. The second-order valence-corrected chi connectivity index (χ2v) is 7.22. The van der Waals surface area contributed by atoms with Crippen molar-refractivity contribution < 1.29 is 9.78 Å². The molecule has 1 aromatic rings. The van der Waals surface area contributed by atoms with Gasteiger partial charge >= 0.3 is 0 Å². The van der Waals surface area contributed by atoms with Crippen molar-refractivity contribution in [2.24, 2.45) is 5.92 Å². The Hall–Kier alpha value is -2.09. The van der Waals surface area contributed by atoms with E-state index in [0.29, 0.717) is 0 Å². The predicted molar refractivity (Wildman–Crippen MR) is 92.7 cm³/mol. The van der Waals surface area contributed by atoms with Gasteiger partial charge in [-0.3, -0.25) is 9.69 Å². The van der Waals surface area contributed by atoms with Crippen LogP contribution in [0, 0.1) is 24.2 Å². The maximum absolute atomic E-state index is 12.2. The first-order valence-electron chi connectivity index (χ1n) is 9.04. The molecule has 1 saturated heterocycles. The van der Waals surface area contributed by atoms with E-state index in [0.717, 1.165) is 50.4 Å². The zero-order valence-electron chi connectivity index (χ0n) is 15.0. The van der Waals surface area contributed by atoms with Gasteiger partial charge in [-0.1, -0.05) is 13.8 Å². The van der Waals surface area contributed by atoms with Gasteiger partial charge in [0.15, 0.2) is 0 Å². The van der Waals surface area contributed by atoms with Crippen molar-refractivity contribution in [3.05, 3.63) is 22.4 Å². The molecule has 0 aromatic carbocycles. The van der Waals surface area contributed by atoms with E-state index in [9.17, 15) is 10.1 Å². The standard InChI is InChI=1S/C19H26N4O/c1-13(2)19(24)23-10-8-22(9-11-23)18-17(12-20)16-7-5-4-6-15(16)14(3)21-18/h13H,4-11H2,1-3H3/p+1. The molecule has 0 bridgehead atoms. The number of rotatable bonds is 2. The summed E-state index contributed by atoms with van der Waals surface area (Å²) in [6.07, 6.45) is 4.46. The number of fused-ring (bicyclic) bond motifs is 1. The minimum atomic E-state index is 0.0452. The molecule has 24 heavy (non-hydrogen) atoms. The van der Waals surface area contributed by atoms with Crippen molar-refractivity contribution in [2.75, 3.05) is 31.1 Å². The van der Waals surface area contributed by atoms with Gasteiger partial charge in [-0.15, -0.1) is 0 Å². The fourth-order valence-electron chi connectivity index (χ4n) is 3.93. The summed E-state index contributed by atoms with van der Waals surface area (Å²) >= 11 is 0. The van der Waals surface area contributed by atoms with Crippen molar-refractivity contribution in [2.45, 2.75) is 46.5 Å². The third kappa shape index (κ3) is 2.98. The normalized spacial score (nSPS) is 17.6. The highest BCUT2D eigenvalue weighted by molar-refractivity contribution is 5.78. The summed E-state index contributed by atoms with van der Waals surface area (Å²) in [7, 11) is 0. The molecule has 5 heteroatoms. The van der Waals surface area contributed by atoms with Gasteiger partial charge < -0.3 is 4.90 Å². The Balaban J connectivity index is 1.85. The lowest BCUT2D eigenvalue weighted by atomic mass is 9.88. The first-order valence-corrected chi connectivity index (χ1v) is 9.04. The van der Waals surface area contributed by atoms with Crippen LogP contribution in [-0.4, -0.2) is 37.0 Å². The lowest BCUT2D eigenvalue weighted by Crippen LogP contribution is -2.51. The summed E-state index contributed by atoms with van der Waals surface area (Å²) in [5, 5.41) is 9.75. The monoisotopic (exact) mass is 327 g/mol. The quantitative estimate of drug-likeness (QED) is 0.833. The number of carbonyl (C=O) groups excluding carboxylic acids is 1. The Kier molecular flexibility index (Phi) is 4.75. The Morgan fingerprint density at radius 1 is 1.12 bits per heavy atom. The van der Waals surface area contributed by atoms with Gasteiger partial charge in [-0.05, 0) is 43.7 Å². The Morgan fingerprint density at radius 3 is 2.33 bits per heavy atom. The number of hydrogen-bond acceptors (Lipinski definition) is 3. The van der Waals surface area contributed by atoms with Crippen LogP contribution in [-0.2, 0) is 17.6 Å². The van der Waals surface area contributed by atoms with Crippen LogP contribution in [0.2, 0.25) is 0 Å². The smallest absolute Gasteiger partial charge is 0.293 e. The lowest BCUT2D eigenvalue weighted by molar-refractivity contribution is -0.375. The van der Waals surface area contributed by atoms with E-state index in [-0.39, 0.29) is 11.8 Å². The number of hydrogen-bond donors (Lipinski definition) is 0. The average molecular weight is 327 g/mol. The first kappa shape index (κ1) is 16.8. The SMILES string of the molecule is Cc1[nH+]c(N2CCN(C(=O)C(C)C)CC2)c(C#N)c2c1CCCC2. The molecule has 1 aliphatic carbocycles. The van der Waals surface area contributed by atoms with Gasteiger partial charge in [0.2, 0.25) is 5.91 Å². The fraction of sp³-hybridized carbons (Fsp3) is 0.632. The number of carbonyl (C=O) groups is 1. The summed E-state index contributed by atoms with van der Waals surface area (Å²) < 4.78 is 0. The third-order valence-corrected chi connectivity index (χ3v) is 5.28. The topological polar surface area (TPSA) is 61.5 Å². The van der Waals surface area contributed by atoms with Crippen LogP contribution in [0.15, 0.2) is 0 Å². The van der Waals surface area contributed by atoms with Crippen molar-refractivity contribution >= 4 is 11.7 Å². The predicted octanol–water partition coefficient (Wildman–Crippen LogP) is 1.86. The molecule has 3 rings (SSSR count). The van der Waals surface area contributed by atoms with E-state index in [1.807, 2.05) is 18.7 Å². The van der Waals surface area contributed by atoms with Gasteiger partial charge in [-0.2, -0.15) is 5.26 Å². The zero-order chi connectivity index (χ0) is 17.3. The van der Waals surface area contributed by atoms with Gasteiger partial charge in [0.05, 0.1) is 13.1 Å². The van der Waals surface area contributed by atoms with Crippen LogP contribution in [0.5, 0.6) is 0 Å². The number of aryl methyl sites for hydroxylation is 1. The van der Waals surface area contributed by atoms with E-state index in [4.69, 9.17) is 0 Å². The molecule has 0 atom stereocenters. The Bertz CT molecular complexity index is 682. The van der Waals surface area contributed by atoms with Crippen molar-refractivity contribution in [1.82, 2.24) is 4.90 Å². The number of aromatic nitrogens is 1. The summed E-state index contributed by atoms with van der Waals surface area (Å²) in [6.45, 7) is 9.03. The number of nitrogens with one attached hydrogen (secondary N) is 1. The summed E-state index contributed by atoms with van der Waals surface area (Å²) in [5.74, 6) is 1.22. The van der Waals surface area contributed by atoms with E-state index in [2.05, 4.69) is 22.9 Å². The maximum Gasteiger partial charge on any atom is 0.293 e. The van der Waals surface area contributed by atoms with Crippen LogP contribution in [0.25, 0.3) is 0 Å². The molecule has 2 aliphatic rings. The number of nitrogens with zero attached hydrogens (tertiary/aromatic N) is 3. The molecule has 1 fully saturated rings. The van der Waals surface area contributed by atoms with Crippen molar-refractivity contribution in [1.29, 1.82) is 5.26 Å². The summed E-state index contributed by atoms with van der Waals surface area (Å²) in [4.78, 5) is 19.8. The third-order valence-electron chi connectivity index (χ3n) is 5.28. The molecule has 1 amide bonds. The molecule has 0 saturated carbocycles. The summed E-state index contributed by atoms with van der Waals surface area (Å²) in [6, 6.07) is 2.45. The fourth-order valence-corrected chi connectivity index (χ4v) is 3.93. The molecule has 2 heterocycles. The molecule has 0 spiro atoms. The minimum Gasteiger partial charge on any atom is -0.335 e. The first-order chi connectivity index (χ1) is 11.5. The molecule has 1 aromatic heterocycles. The van der Waals surface area contributed by atoms with Crippen LogP contribution in [0.1, 0.15) is 49.1 Å². The van der Waals surface area contributed by atoms with Gasteiger partial charge in [0, 0.05) is 5.92 Å². The van der Waals surface area contributed by atoms with Gasteiger partial charge in [0.25, 0.3) is 5.82 Å². The second-order valence-electron chi connectivity index (χ2n) is 7.22. The van der Waals surface area contributed by atoms with E-state index in [1.54, 1.807) is 0 Å². The largest absolute Gasteiger partial charge is 0.335 e. The zero-order valence-corrected chi connectivity index (χ0v) is 15.0. The number of nitriles is 1. The summed E-state index contributed by atoms with van der Waals surface area (Å²) in [5.41, 5.74) is 4.60. The number of pyridine rings is 1. The molecule has 0 radical (unpaired) electrons. The second kappa shape index (κ2) is 6.80. The van der Waals surface area contributed by atoms with Crippen LogP contribution in [0.4, 0.5) is 5.82 Å². The van der Waals surface area contributed by atoms with Gasteiger partial charge in [0.1, 0.15) is 30.4 Å². The minimum absolute atomic E-state index is 0.0452. The number of anilines is 1. The van der Waals surface area contributed by atoms with Gasteiger partial charge in [-0.25, -0.2) is 4.98 Å². The number of H-pyrrole nitrogens is 1. The molecule has 0 unspecified atom stereocenters. The van der Waals surface area contributed by atoms with E-state index < -0.39 is 0 Å². The Morgan fingerprint density at radius 2 is 1.75 bits per heavy atom. The Labute approximate surface area is 144 Å². The number of piperazine rings is 1. The highest BCUT2D eigenvalue weighted by atomic mass is 16.2. The molecular weight excluding hydrogens is 300 g/mol. The molecule has 1 N–H and O–H groups in total. The van der Waals surface area contributed by atoms with Crippen LogP contribution < -0.4 is 9.88 Å². The molecule has 1 aliphatic heterocycles. The van der Waals surface area contributed by atoms with Crippen LogP contribution in [0.3, 0.4) is 0 Å². The van der Waals surface area contributed by atoms with E-state index in [1.165, 1.54) is 29.7 Å². The number of aromatic amines is 1. The average Bonchev–Trinajstić information content (AvgIpc) is 2.61. The maximum atomic E-state index is 12.2. The van der Waals surface area contributed by atoms with E-state index >= 15 is 0 Å². The number of amides is 1.